The summed E-state index contributed by atoms with van der Waals surface area (Å²) < 4.78 is 0. The molecule has 2 nitrogen and oxygen atoms in total. The van der Waals surface area contributed by atoms with Crippen LogP contribution >= 0.6 is 0 Å². The number of nitrogens with one attached hydrogen (secondary N) is 1. The van der Waals surface area contributed by atoms with Crippen LogP contribution in [0.15, 0.2) is 30.3 Å². The summed E-state index contributed by atoms with van der Waals surface area (Å²) in [5, 5.41) is 3.30. The number of rotatable bonds is 6. The summed E-state index contributed by atoms with van der Waals surface area (Å²) in [4.78, 5) is 12.2. The minimum atomic E-state index is -0.0791. The van der Waals surface area contributed by atoms with E-state index in [4.69, 9.17) is 0 Å². The van der Waals surface area contributed by atoms with Crippen molar-refractivity contribution in [3.63, 3.8) is 0 Å². The Morgan fingerprint density at radius 1 is 1.32 bits per heavy atom. The molecule has 0 aromatic heterocycles. The molecule has 0 radical (unpaired) electrons. The van der Waals surface area contributed by atoms with Gasteiger partial charge in [0.1, 0.15) is 0 Å². The second-order valence-electron chi connectivity index (χ2n) is 5.95. The molecule has 1 aliphatic rings. The first kappa shape index (κ1) is 14.1. The molecule has 2 rings (SSSR count). The van der Waals surface area contributed by atoms with Gasteiger partial charge in [0.05, 0.1) is 5.54 Å². The predicted molar refractivity (Wildman–Crippen MR) is 78.8 cm³/mol. The van der Waals surface area contributed by atoms with Gasteiger partial charge in [0, 0.05) is 6.42 Å². The van der Waals surface area contributed by atoms with Crippen LogP contribution < -0.4 is 5.32 Å². The molecule has 1 aromatic rings. The van der Waals surface area contributed by atoms with Gasteiger partial charge in [-0.2, -0.15) is 0 Å². The summed E-state index contributed by atoms with van der Waals surface area (Å²) in [5.41, 5.74) is 1.18. The lowest BCUT2D eigenvalue weighted by Gasteiger charge is -2.43. The lowest BCUT2D eigenvalue weighted by molar-refractivity contribution is -0.125. The molecule has 104 valence electrons. The van der Waals surface area contributed by atoms with Gasteiger partial charge in [0.15, 0.2) is 0 Å². The number of hydrogen-bond acceptors (Lipinski definition) is 1. The molecule has 1 unspecified atom stereocenters. The first-order valence-corrected chi connectivity index (χ1v) is 7.53. The van der Waals surface area contributed by atoms with E-state index in [9.17, 15) is 4.79 Å². The molecular formula is C17H25NO. The molecule has 1 fully saturated rings. The van der Waals surface area contributed by atoms with E-state index >= 15 is 0 Å². The van der Waals surface area contributed by atoms with Gasteiger partial charge in [0.2, 0.25) is 5.91 Å². The van der Waals surface area contributed by atoms with Crippen LogP contribution in [0, 0.1) is 5.92 Å². The highest BCUT2D eigenvalue weighted by atomic mass is 16.1. The van der Waals surface area contributed by atoms with Crippen LogP contribution in [0.4, 0.5) is 0 Å². The van der Waals surface area contributed by atoms with Crippen molar-refractivity contribution in [1.29, 1.82) is 0 Å². The Bertz CT molecular complexity index is 409. The third-order valence-corrected chi connectivity index (χ3v) is 4.23. The number of benzene rings is 1. The zero-order chi connectivity index (χ0) is 13.7. The van der Waals surface area contributed by atoms with E-state index in [0.29, 0.717) is 12.3 Å². The summed E-state index contributed by atoms with van der Waals surface area (Å²) in [6, 6.07) is 10.4. The zero-order valence-electron chi connectivity index (χ0n) is 12.1. The van der Waals surface area contributed by atoms with Gasteiger partial charge >= 0.3 is 0 Å². The SMILES string of the molecule is CCCC(C)CC(=O)NC1(c2ccccc2)CCC1. The summed E-state index contributed by atoms with van der Waals surface area (Å²) in [7, 11) is 0. The monoisotopic (exact) mass is 259 g/mol. The molecule has 0 spiro atoms. The van der Waals surface area contributed by atoms with Crippen LogP contribution in [0.25, 0.3) is 0 Å². The number of amides is 1. The Morgan fingerprint density at radius 2 is 2.00 bits per heavy atom. The molecule has 1 atom stereocenters. The average Bonchev–Trinajstić information content (AvgIpc) is 2.35. The van der Waals surface area contributed by atoms with Crippen molar-refractivity contribution in [3.8, 4) is 0 Å². The molecule has 0 bridgehead atoms. The quantitative estimate of drug-likeness (QED) is 0.821. The third-order valence-electron chi connectivity index (χ3n) is 4.23. The maximum atomic E-state index is 12.2. The summed E-state index contributed by atoms with van der Waals surface area (Å²) in [6.45, 7) is 4.34. The van der Waals surface area contributed by atoms with Crippen LogP contribution in [0.2, 0.25) is 0 Å². The molecule has 0 aliphatic heterocycles. The van der Waals surface area contributed by atoms with E-state index in [-0.39, 0.29) is 11.4 Å². The maximum Gasteiger partial charge on any atom is 0.220 e. The number of hydrogen-bond donors (Lipinski definition) is 1. The van der Waals surface area contributed by atoms with Crippen molar-refractivity contribution in [1.82, 2.24) is 5.32 Å². The maximum absolute atomic E-state index is 12.2. The lowest BCUT2D eigenvalue weighted by atomic mass is 9.71. The summed E-state index contributed by atoms with van der Waals surface area (Å²) >= 11 is 0. The largest absolute Gasteiger partial charge is 0.347 e. The fourth-order valence-electron chi connectivity index (χ4n) is 3.00. The normalized spacial score (nSPS) is 18.4. The van der Waals surface area contributed by atoms with Crippen LogP contribution in [-0.4, -0.2) is 5.91 Å². The Morgan fingerprint density at radius 3 is 2.53 bits per heavy atom. The van der Waals surface area contributed by atoms with Crippen molar-refractivity contribution < 1.29 is 4.79 Å². The van der Waals surface area contributed by atoms with Gasteiger partial charge in [0.25, 0.3) is 0 Å². The van der Waals surface area contributed by atoms with Gasteiger partial charge in [-0.25, -0.2) is 0 Å². The lowest BCUT2D eigenvalue weighted by Crippen LogP contribution is -2.51. The fourth-order valence-corrected chi connectivity index (χ4v) is 3.00. The van der Waals surface area contributed by atoms with E-state index in [1.165, 1.54) is 12.0 Å². The summed E-state index contributed by atoms with van der Waals surface area (Å²) in [6.07, 6.45) is 6.29. The molecule has 19 heavy (non-hydrogen) atoms. The van der Waals surface area contributed by atoms with E-state index in [1.54, 1.807) is 0 Å². The molecule has 1 aromatic carbocycles. The number of carbonyl (C=O) groups is 1. The standard InChI is InChI=1S/C17H25NO/c1-3-8-14(2)13-16(19)18-17(11-7-12-17)15-9-5-4-6-10-15/h4-6,9-10,14H,3,7-8,11-13H2,1-2H3,(H,18,19). The van der Waals surface area contributed by atoms with Crippen molar-refractivity contribution >= 4 is 5.91 Å². The molecule has 1 saturated carbocycles. The third kappa shape index (κ3) is 3.37. The van der Waals surface area contributed by atoms with Crippen molar-refractivity contribution in [2.75, 3.05) is 0 Å². The minimum absolute atomic E-state index is 0.0791. The Kier molecular flexibility index (Phi) is 4.62. The van der Waals surface area contributed by atoms with E-state index in [1.807, 2.05) is 6.07 Å². The van der Waals surface area contributed by atoms with Gasteiger partial charge in [-0.1, -0.05) is 57.0 Å². The molecule has 0 saturated heterocycles. The van der Waals surface area contributed by atoms with Crippen molar-refractivity contribution in [3.05, 3.63) is 35.9 Å². The topological polar surface area (TPSA) is 29.1 Å². The molecule has 1 N–H and O–H groups in total. The zero-order valence-corrected chi connectivity index (χ0v) is 12.1. The average molecular weight is 259 g/mol. The van der Waals surface area contributed by atoms with Crippen LogP contribution in [0.5, 0.6) is 0 Å². The van der Waals surface area contributed by atoms with Gasteiger partial charge < -0.3 is 5.32 Å². The van der Waals surface area contributed by atoms with Crippen molar-refractivity contribution in [2.24, 2.45) is 5.92 Å². The van der Waals surface area contributed by atoms with Crippen molar-refractivity contribution in [2.45, 2.75) is 57.9 Å². The van der Waals surface area contributed by atoms with Gasteiger partial charge in [-0.15, -0.1) is 0 Å². The van der Waals surface area contributed by atoms with Crippen LogP contribution in [-0.2, 0) is 10.3 Å². The Balaban J connectivity index is 1.98. The summed E-state index contributed by atoms with van der Waals surface area (Å²) in [5.74, 6) is 0.697. The highest BCUT2D eigenvalue weighted by Gasteiger charge is 2.39. The smallest absolute Gasteiger partial charge is 0.220 e. The molecular weight excluding hydrogens is 234 g/mol. The first-order valence-electron chi connectivity index (χ1n) is 7.53. The fraction of sp³-hybridized carbons (Fsp3) is 0.588. The number of carbonyl (C=O) groups excluding carboxylic acids is 1. The Hall–Kier alpha value is -1.31. The van der Waals surface area contributed by atoms with Gasteiger partial charge in [-0.3, -0.25) is 4.79 Å². The molecule has 2 heteroatoms. The Labute approximate surface area is 116 Å². The first-order chi connectivity index (χ1) is 9.16. The van der Waals surface area contributed by atoms with Crippen LogP contribution in [0.1, 0.15) is 57.9 Å². The second kappa shape index (κ2) is 6.23. The second-order valence-corrected chi connectivity index (χ2v) is 5.95. The van der Waals surface area contributed by atoms with E-state index in [2.05, 4.69) is 43.4 Å². The minimum Gasteiger partial charge on any atom is -0.347 e. The highest BCUT2D eigenvalue weighted by molar-refractivity contribution is 5.77. The highest BCUT2D eigenvalue weighted by Crippen LogP contribution is 2.41. The molecule has 0 heterocycles. The van der Waals surface area contributed by atoms with Crippen LogP contribution in [0.3, 0.4) is 0 Å². The van der Waals surface area contributed by atoms with E-state index in [0.717, 1.165) is 25.7 Å². The molecule has 1 amide bonds. The van der Waals surface area contributed by atoms with Gasteiger partial charge in [-0.05, 0) is 30.7 Å². The molecule has 1 aliphatic carbocycles. The predicted octanol–water partition coefficient (Wildman–Crippen LogP) is 4.01. The van der Waals surface area contributed by atoms with E-state index < -0.39 is 0 Å².